The molecule has 0 saturated heterocycles. The number of carbonyl (C=O) groups excluding carboxylic acids is 1. The van der Waals surface area contributed by atoms with Crippen LogP contribution in [0, 0.1) is 0 Å². The number of nitrogens with zero attached hydrogens (tertiary/aromatic N) is 1. The van der Waals surface area contributed by atoms with Crippen molar-refractivity contribution in [3.63, 3.8) is 0 Å². The number of pyridine rings is 1. The summed E-state index contributed by atoms with van der Waals surface area (Å²) in [4.78, 5) is 23.0. The summed E-state index contributed by atoms with van der Waals surface area (Å²) in [7, 11) is 0. The standard InChI is InChI=1S/C16H19N3O2.ClH/c1-12(17)16(21)18-10-13-5-7-14(8-6-13)11-19-9-3-2-4-15(19)20;/h2-9,12H,10-11,17H2,1H3,(H,18,21);1H/t12-;/m0./s1. The molecule has 1 aromatic heterocycles. The van der Waals surface area contributed by atoms with E-state index in [0.717, 1.165) is 11.1 Å². The van der Waals surface area contributed by atoms with E-state index in [2.05, 4.69) is 5.32 Å². The zero-order chi connectivity index (χ0) is 15.2. The van der Waals surface area contributed by atoms with Gasteiger partial charge in [0.25, 0.3) is 5.56 Å². The van der Waals surface area contributed by atoms with Crippen LogP contribution in [0.25, 0.3) is 0 Å². The molecule has 5 nitrogen and oxygen atoms in total. The van der Waals surface area contributed by atoms with Crippen LogP contribution in [0.1, 0.15) is 18.1 Å². The molecule has 6 heteroatoms. The molecule has 1 atom stereocenters. The van der Waals surface area contributed by atoms with Crippen LogP contribution >= 0.6 is 12.4 Å². The highest BCUT2D eigenvalue weighted by atomic mass is 35.5. The van der Waals surface area contributed by atoms with Gasteiger partial charge in [-0.25, -0.2) is 0 Å². The van der Waals surface area contributed by atoms with Gasteiger partial charge in [0.05, 0.1) is 12.6 Å². The van der Waals surface area contributed by atoms with Crippen LogP contribution in [-0.4, -0.2) is 16.5 Å². The minimum absolute atomic E-state index is 0. The highest BCUT2D eigenvalue weighted by molar-refractivity contribution is 5.85. The average Bonchev–Trinajstić information content (AvgIpc) is 2.48. The number of aromatic nitrogens is 1. The highest BCUT2D eigenvalue weighted by Crippen LogP contribution is 2.05. The van der Waals surface area contributed by atoms with Gasteiger partial charge in [0.15, 0.2) is 0 Å². The predicted molar refractivity (Wildman–Crippen MR) is 89.0 cm³/mol. The molecule has 1 amide bonds. The second kappa shape index (κ2) is 8.36. The maximum absolute atomic E-state index is 11.6. The largest absolute Gasteiger partial charge is 0.351 e. The van der Waals surface area contributed by atoms with Crippen molar-refractivity contribution >= 4 is 18.3 Å². The first-order chi connectivity index (χ1) is 10.1. The Morgan fingerprint density at radius 2 is 1.82 bits per heavy atom. The summed E-state index contributed by atoms with van der Waals surface area (Å²) < 4.78 is 1.65. The maximum Gasteiger partial charge on any atom is 0.250 e. The zero-order valence-electron chi connectivity index (χ0n) is 12.4. The van der Waals surface area contributed by atoms with E-state index < -0.39 is 6.04 Å². The normalized spacial score (nSPS) is 11.4. The maximum atomic E-state index is 11.6. The van der Waals surface area contributed by atoms with Crippen LogP contribution in [-0.2, 0) is 17.9 Å². The lowest BCUT2D eigenvalue weighted by Gasteiger charge is -2.09. The summed E-state index contributed by atoms with van der Waals surface area (Å²) in [5.74, 6) is -0.171. The first kappa shape index (κ1) is 17.9. The number of hydrogen-bond donors (Lipinski definition) is 2. The molecule has 0 spiro atoms. The topological polar surface area (TPSA) is 77.1 Å². The average molecular weight is 322 g/mol. The van der Waals surface area contributed by atoms with E-state index in [0.29, 0.717) is 13.1 Å². The van der Waals surface area contributed by atoms with Crippen molar-refractivity contribution in [3.8, 4) is 0 Å². The van der Waals surface area contributed by atoms with E-state index >= 15 is 0 Å². The van der Waals surface area contributed by atoms with Gasteiger partial charge in [0.1, 0.15) is 0 Å². The zero-order valence-corrected chi connectivity index (χ0v) is 13.2. The number of nitrogens with two attached hydrogens (primary N) is 1. The van der Waals surface area contributed by atoms with Crippen LogP contribution in [0.2, 0.25) is 0 Å². The number of nitrogens with one attached hydrogen (secondary N) is 1. The SMILES string of the molecule is C[C@H](N)C(=O)NCc1ccc(Cn2ccccc2=O)cc1.Cl. The molecular formula is C16H20ClN3O2. The lowest BCUT2D eigenvalue weighted by molar-refractivity contribution is -0.122. The number of halogens is 1. The first-order valence-corrected chi connectivity index (χ1v) is 6.83. The molecule has 2 rings (SSSR count). The number of rotatable bonds is 5. The minimum atomic E-state index is -0.505. The van der Waals surface area contributed by atoms with Crippen molar-refractivity contribution in [2.45, 2.75) is 26.1 Å². The lowest BCUT2D eigenvalue weighted by Crippen LogP contribution is -2.37. The van der Waals surface area contributed by atoms with Crippen molar-refractivity contribution in [3.05, 3.63) is 70.1 Å². The van der Waals surface area contributed by atoms with E-state index in [-0.39, 0.29) is 23.9 Å². The second-order valence-electron chi connectivity index (χ2n) is 4.99. The molecule has 1 heterocycles. The quantitative estimate of drug-likeness (QED) is 0.871. The van der Waals surface area contributed by atoms with E-state index in [1.165, 1.54) is 6.07 Å². The Hall–Kier alpha value is -2.11. The number of carbonyl (C=O) groups is 1. The summed E-state index contributed by atoms with van der Waals surface area (Å²) in [6, 6.07) is 12.4. The predicted octanol–water partition coefficient (Wildman–Crippen LogP) is 1.28. The Labute approximate surface area is 135 Å². The van der Waals surface area contributed by atoms with Crippen LogP contribution in [0.5, 0.6) is 0 Å². The van der Waals surface area contributed by atoms with Crippen molar-refractivity contribution < 1.29 is 4.79 Å². The smallest absolute Gasteiger partial charge is 0.250 e. The molecule has 1 aromatic carbocycles. The van der Waals surface area contributed by atoms with E-state index in [9.17, 15) is 9.59 Å². The van der Waals surface area contributed by atoms with E-state index in [1.807, 2.05) is 30.3 Å². The Balaban J connectivity index is 0.00000242. The molecule has 0 aliphatic heterocycles. The minimum Gasteiger partial charge on any atom is -0.351 e. The molecule has 0 aliphatic carbocycles. The van der Waals surface area contributed by atoms with Gasteiger partial charge in [-0.3, -0.25) is 9.59 Å². The van der Waals surface area contributed by atoms with Crippen molar-refractivity contribution in [1.29, 1.82) is 0 Å². The molecule has 0 aliphatic rings. The summed E-state index contributed by atoms with van der Waals surface area (Å²) in [6.07, 6.45) is 1.76. The summed E-state index contributed by atoms with van der Waals surface area (Å²) >= 11 is 0. The van der Waals surface area contributed by atoms with Crippen LogP contribution in [0.3, 0.4) is 0 Å². The molecule has 2 aromatic rings. The molecule has 0 bridgehead atoms. The molecule has 22 heavy (non-hydrogen) atoms. The van der Waals surface area contributed by atoms with Crippen LogP contribution in [0.15, 0.2) is 53.5 Å². The molecule has 0 fully saturated rings. The monoisotopic (exact) mass is 321 g/mol. The fraction of sp³-hybridized carbons (Fsp3) is 0.250. The Morgan fingerprint density at radius 1 is 1.18 bits per heavy atom. The summed E-state index contributed by atoms with van der Waals surface area (Å²) in [6.45, 7) is 2.63. The summed E-state index contributed by atoms with van der Waals surface area (Å²) in [5.41, 5.74) is 7.48. The van der Waals surface area contributed by atoms with Crippen molar-refractivity contribution in [1.82, 2.24) is 9.88 Å². The second-order valence-corrected chi connectivity index (χ2v) is 4.99. The summed E-state index contributed by atoms with van der Waals surface area (Å²) in [5, 5.41) is 2.76. The Morgan fingerprint density at radius 3 is 2.41 bits per heavy atom. The van der Waals surface area contributed by atoms with Crippen molar-refractivity contribution in [2.75, 3.05) is 0 Å². The number of amides is 1. The third-order valence-electron chi connectivity index (χ3n) is 3.16. The van der Waals surface area contributed by atoms with Gasteiger partial charge >= 0.3 is 0 Å². The Kier molecular flexibility index (Phi) is 6.82. The van der Waals surface area contributed by atoms with Gasteiger partial charge in [0.2, 0.25) is 5.91 Å². The van der Waals surface area contributed by atoms with E-state index in [1.54, 1.807) is 23.8 Å². The highest BCUT2D eigenvalue weighted by Gasteiger charge is 2.06. The van der Waals surface area contributed by atoms with Gasteiger partial charge in [0, 0.05) is 18.8 Å². The van der Waals surface area contributed by atoms with Gasteiger partial charge in [-0.2, -0.15) is 0 Å². The fourth-order valence-electron chi connectivity index (χ4n) is 1.90. The molecule has 118 valence electrons. The first-order valence-electron chi connectivity index (χ1n) is 6.83. The number of hydrogen-bond acceptors (Lipinski definition) is 3. The fourth-order valence-corrected chi connectivity index (χ4v) is 1.90. The van der Waals surface area contributed by atoms with Crippen LogP contribution < -0.4 is 16.6 Å². The molecule has 0 unspecified atom stereocenters. The molecule has 0 saturated carbocycles. The van der Waals surface area contributed by atoms with Gasteiger partial charge in [-0.05, 0) is 24.1 Å². The van der Waals surface area contributed by atoms with Gasteiger partial charge in [-0.1, -0.05) is 30.3 Å². The third-order valence-corrected chi connectivity index (χ3v) is 3.16. The van der Waals surface area contributed by atoms with Crippen molar-refractivity contribution in [2.24, 2.45) is 5.73 Å². The van der Waals surface area contributed by atoms with Crippen LogP contribution in [0.4, 0.5) is 0 Å². The number of benzene rings is 1. The molecular weight excluding hydrogens is 302 g/mol. The molecule has 0 radical (unpaired) electrons. The Bertz CT molecular complexity index is 666. The van der Waals surface area contributed by atoms with Gasteiger partial charge < -0.3 is 15.6 Å². The molecule has 3 N–H and O–H groups in total. The third kappa shape index (κ3) is 5.02. The lowest BCUT2D eigenvalue weighted by atomic mass is 10.1. The van der Waals surface area contributed by atoms with Gasteiger partial charge in [-0.15, -0.1) is 12.4 Å². The van der Waals surface area contributed by atoms with E-state index in [4.69, 9.17) is 5.73 Å².